The normalized spacial score (nSPS) is 14.8. The molecule has 1 rings (SSSR count). The highest BCUT2D eigenvalue weighted by molar-refractivity contribution is 5.93. The minimum Gasteiger partial charge on any atom is -0.444 e. The van der Waals surface area contributed by atoms with E-state index in [2.05, 4.69) is 16.0 Å². The predicted molar refractivity (Wildman–Crippen MR) is 125 cm³/mol. The monoisotopic (exact) mass is 463 g/mol. The van der Waals surface area contributed by atoms with Crippen molar-refractivity contribution in [2.45, 2.75) is 78.1 Å². The molecule has 0 aliphatic heterocycles. The highest BCUT2D eigenvalue weighted by Gasteiger charge is 2.30. The van der Waals surface area contributed by atoms with Gasteiger partial charge >= 0.3 is 6.09 Å². The number of nitrogens with one attached hydrogen (secondary N) is 4. The molecule has 0 spiro atoms. The van der Waals surface area contributed by atoms with Gasteiger partial charge in [-0.25, -0.2) is 10.6 Å². The molecule has 10 heteroatoms. The van der Waals surface area contributed by atoms with E-state index in [9.17, 15) is 19.2 Å². The van der Waals surface area contributed by atoms with Crippen molar-refractivity contribution in [1.29, 1.82) is 0 Å². The van der Waals surface area contributed by atoms with Crippen LogP contribution in [0.2, 0.25) is 0 Å². The summed E-state index contributed by atoms with van der Waals surface area (Å²) in [7, 11) is 0. The number of carbonyl (C=O) groups is 4. The van der Waals surface area contributed by atoms with Gasteiger partial charge in [0.25, 0.3) is 5.91 Å². The van der Waals surface area contributed by atoms with Crippen molar-refractivity contribution >= 4 is 23.8 Å². The summed E-state index contributed by atoms with van der Waals surface area (Å²) in [5.74, 6) is 3.43. The summed E-state index contributed by atoms with van der Waals surface area (Å²) in [6, 6.07) is 6.37. The fourth-order valence-electron chi connectivity index (χ4n) is 2.96. The van der Waals surface area contributed by atoms with Gasteiger partial charge in [-0.3, -0.25) is 19.8 Å². The molecule has 4 atom stereocenters. The van der Waals surface area contributed by atoms with E-state index in [1.807, 2.05) is 49.6 Å². The van der Waals surface area contributed by atoms with E-state index in [1.54, 1.807) is 20.8 Å². The zero-order valence-corrected chi connectivity index (χ0v) is 20.2. The van der Waals surface area contributed by atoms with Crippen LogP contribution < -0.4 is 27.2 Å². The maximum atomic E-state index is 13.0. The standard InChI is InChI=1S/C23H37N5O5/c1-7-14(2)18(21(31)28-24)27-19(29)15(3)25-20(30)17(13-16-11-9-8-10-12-16)26-22(32)33-23(4,5)6/h8-12,14-15,17-18H,7,13,24H2,1-6H3,(H,25,30)(H,26,32)(H,27,29)(H,28,31)/t14-,15?,17-,18-/m0/s1. The summed E-state index contributed by atoms with van der Waals surface area (Å²) in [6.45, 7) is 10.3. The second-order valence-electron chi connectivity index (χ2n) is 9.00. The number of nitrogens with two attached hydrogens (primary N) is 1. The second kappa shape index (κ2) is 12.8. The number of hydrogen-bond donors (Lipinski definition) is 5. The Morgan fingerprint density at radius 2 is 1.55 bits per heavy atom. The summed E-state index contributed by atoms with van der Waals surface area (Å²) in [5.41, 5.74) is 2.13. The van der Waals surface area contributed by atoms with E-state index in [1.165, 1.54) is 6.92 Å². The third-order valence-corrected chi connectivity index (χ3v) is 4.98. The smallest absolute Gasteiger partial charge is 0.408 e. The van der Waals surface area contributed by atoms with E-state index >= 15 is 0 Å². The molecule has 0 saturated heterocycles. The van der Waals surface area contributed by atoms with Crippen molar-refractivity contribution in [3.8, 4) is 0 Å². The molecule has 184 valence electrons. The van der Waals surface area contributed by atoms with Crippen molar-refractivity contribution in [1.82, 2.24) is 21.4 Å². The molecule has 1 aromatic carbocycles. The van der Waals surface area contributed by atoms with Gasteiger partial charge < -0.3 is 20.7 Å². The maximum absolute atomic E-state index is 13.0. The van der Waals surface area contributed by atoms with Crippen LogP contribution in [0.3, 0.4) is 0 Å². The van der Waals surface area contributed by atoms with Gasteiger partial charge in [0.2, 0.25) is 11.8 Å². The topological polar surface area (TPSA) is 152 Å². The number of amides is 4. The van der Waals surface area contributed by atoms with Crippen LogP contribution in [0.15, 0.2) is 30.3 Å². The van der Waals surface area contributed by atoms with Crippen LogP contribution in [-0.2, 0) is 25.5 Å². The average Bonchev–Trinajstić information content (AvgIpc) is 2.75. The Morgan fingerprint density at radius 3 is 2.06 bits per heavy atom. The zero-order valence-electron chi connectivity index (χ0n) is 20.2. The molecule has 0 saturated carbocycles. The highest BCUT2D eigenvalue weighted by atomic mass is 16.6. The van der Waals surface area contributed by atoms with E-state index in [0.717, 1.165) is 5.56 Å². The molecule has 0 aromatic heterocycles. The average molecular weight is 464 g/mol. The van der Waals surface area contributed by atoms with Crippen molar-refractivity contribution in [3.05, 3.63) is 35.9 Å². The maximum Gasteiger partial charge on any atom is 0.408 e. The Morgan fingerprint density at radius 1 is 0.939 bits per heavy atom. The summed E-state index contributed by atoms with van der Waals surface area (Å²) >= 11 is 0. The van der Waals surface area contributed by atoms with E-state index < -0.39 is 47.5 Å². The fourth-order valence-corrected chi connectivity index (χ4v) is 2.96. The molecule has 0 bridgehead atoms. The third kappa shape index (κ3) is 9.90. The Hall–Kier alpha value is -3.14. The van der Waals surface area contributed by atoms with Crippen LogP contribution in [0.1, 0.15) is 53.5 Å². The van der Waals surface area contributed by atoms with Crippen LogP contribution >= 0.6 is 0 Å². The lowest BCUT2D eigenvalue weighted by Crippen LogP contribution is -2.58. The Bertz CT molecular complexity index is 809. The third-order valence-electron chi connectivity index (χ3n) is 4.98. The molecular weight excluding hydrogens is 426 g/mol. The van der Waals surface area contributed by atoms with E-state index in [0.29, 0.717) is 6.42 Å². The van der Waals surface area contributed by atoms with E-state index in [4.69, 9.17) is 10.6 Å². The number of rotatable bonds is 10. The summed E-state index contributed by atoms with van der Waals surface area (Å²) in [4.78, 5) is 50.0. The first-order valence-electron chi connectivity index (χ1n) is 11.0. The molecule has 0 radical (unpaired) electrons. The Labute approximate surface area is 195 Å². The molecule has 6 N–H and O–H groups in total. The number of benzene rings is 1. The van der Waals surface area contributed by atoms with Crippen LogP contribution in [0.4, 0.5) is 4.79 Å². The number of carbonyl (C=O) groups excluding carboxylic acids is 4. The second-order valence-corrected chi connectivity index (χ2v) is 9.00. The van der Waals surface area contributed by atoms with Gasteiger partial charge in [-0.05, 0) is 39.2 Å². The minimum atomic E-state index is -0.977. The van der Waals surface area contributed by atoms with Crippen molar-refractivity contribution < 1.29 is 23.9 Å². The van der Waals surface area contributed by atoms with Crippen molar-refractivity contribution in [2.75, 3.05) is 0 Å². The van der Waals surface area contributed by atoms with Gasteiger partial charge in [-0.2, -0.15) is 0 Å². The van der Waals surface area contributed by atoms with Crippen LogP contribution in [0.5, 0.6) is 0 Å². The van der Waals surface area contributed by atoms with Gasteiger partial charge in [0.15, 0.2) is 0 Å². The Kier molecular flexibility index (Phi) is 10.8. The first-order valence-corrected chi connectivity index (χ1v) is 11.0. The first-order chi connectivity index (χ1) is 15.4. The molecule has 10 nitrogen and oxygen atoms in total. The quantitative estimate of drug-likeness (QED) is 0.199. The lowest BCUT2D eigenvalue weighted by molar-refractivity contribution is -0.133. The molecule has 33 heavy (non-hydrogen) atoms. The van der Waals surface area contributed by atoms with Crippen molar-refractivity contribution in [3.63, 3.8) is 0 Å². The summed E-state index contributed by atoms with van der Waals surface area (Å²) in [6.07, 6.45) is 0.0933. The van der Waals surface area contributed by atoms with Gasteiger partial charge in [0.1, 0.15) is 23.7 Å². The fraction of sp³-hybridized carbons (Fsp3) is 0.565. The van der Waals surface area contributed by atoms with Crippen LogP contribution in [0.25, 0.3) is 0 Å². The number of hydrogen-bond acceptors (Lipinski definition) is 6. The van der Waals surface area contributed by atoms with E-state index in [-0.39, 0.29) is 12.3 Å². The summed E-state index contributed by atoms with van der Waals surface area (Å²) < 4.78 is 5.27. The molecule has 0 heterocycles. The lowest BCUT2D eigenvalue weighted by Gasteiger charge is -2.26. The van der Waals surface area contributed by atoms with Crippen LogP contribution in [-0.4, -0.2) is 47.5 Å². The van der Waals surface area contributed by atoms with Gasteiger partial charge in [0.05, 0.1) is 0 Å². The van der Waals surface area contributed by atoms with Crippen molar-refractivity contribution in [2.24, 2.45) is 11.8 Å². The number of ether oxygens (including phenoxy) is 1. The highest BCUT2D eigenvalue weighted by Crippen LogP contribution is 2.10. The predicted octanol–water partition coefficient (Wildman–Crippen LogP) is 1.15. The molecule has 1 aromatic rings. The zero-order chi connectivity index (χ0) is 25.2. The lowest BCUT2D eigenvalue weighted by atomic mass is 9.98. The summed E-state index contributed by atoms with van der Waals surface area (Å²) in [5, 5.41) is 7.81. The largest absolute Gasteiger partial charge is 0.444 e. The van der Waals surface area contributed by atoms with Gasteiger partial charge in [-0.15, -0.1) is 0 Å². The number of hydrazine groups is 1. The van der Waals surface area contributed by atoms with Gasteiger partial charge in [0, 0.05) is 6.42 Å². The minimum absolute atomic E-state index is 0.167. The molecule has 0 aliphatic carbocycles. The molecule has 0 aliphatic rings. The molecule has 0 fully saturated rings. The SMILES string of the molecule is CC[C@H](C)[C@H](NC(=O)C(C)NC(=O)[C@H](Cc1ccccc1)NC(=O)OC(C)(C)C)C(=O)NN. The van der Waals surface area contributed by atoms with Gasteiger partial charge in [-0.1, -0.05) is 50.6 Å². The molecule has 4 amide bonds. The first kappa shape index (κ1) is 27.9. The Balaban J connectivity index is 2.91. The molecule has 1 unspecified atom stereocenters. The van der Waals surface area contributed by atoms with Crippen LogP contribution in [0, 0.1) is 5.92 Å². The molecular formula is C23H37N5O5. The number of alkyl carbamates (subject to hydrolysis) is 1.